The van der Waals surface area contributed by atoms with Crippen LogP contribution in [0.1, 0.15) is 12.5 Å². The Morgan fingerprint density at radius 3 is 2.76 bits per heavy atom. The molecule has 9 heteroatoms. The Balaban J connectivity index is 1.39. The Bertz CT molecular complexity index is 1420. The third-order valence-electron chi connectivity index (χ3n) is 4.85. The van der Waals surface area contributed by atoms with Crippen molar-refractivity contribution in [1.29, 1.82) is 0 Å². The lowest BCUT2D eigenvalue weighted by molar-refractivity contribution is -0.480. The molecule has 0 aliphatic carbocycles. The molecule has 0 radical (unpaired) electrons. The molecule has 1 aliphatic heterocycles. The van der Waals surface area contributed by atoms with Gasteiger partial charge in [0.1, 0.15) is 11.4 Å². The first-order chi connectivity index (χ1) is 16.2. The number of carbonyl (C=O) groups excluding carboxylic acids is 1. The van der Waals surface area contributed by atoms with Crippen LogP contribution < -0.4 is 15.4 Å². The van der Waals surface area contributed by atoms with Gasteiger partial charge in [-0.05, 0) is 24.3 Å². The number of halogens is 1. The topological polar surface area (TPSA) is 102 Å². The van der Waals surface area contributed by atoms with Gasteiger partial charge in [0.2, 0.25) is 27.3 Å². The van der Waals surface area contributed by atoms with Crippen molar-refractivity contribution in [1.82, 2.24) is 9.97 Å². The van der Waals surface area contributed by atoms with Crippen LogP contribution in [0.4, 0.5) is 17.2 Å². The zero-order valence-corrected chi connectivity index (χ0v) is 19.7. The zero-order chi connectivity index (χ0) is 22.6. The zero-order valence-electron chi connectivity index (χ0n) is 17.5. The highest BCUT2D eigenvalue weighted by atomic mass is 127. The number of amides is 1. The summed E-state index contributed by atoms with van der Waals surface area (Å²) in [5.41, 5.74) is 2.65. The van der Waals surface area contributed by atoms with E-state index in [-0.39, 0.29) is 5.91 Å². The molecular formula is C24H19IN5O3+. The van der Waals surface area contributed by atoms with E-state index in [4.69, 9.17) is 7.80 Å². The molecule has 0 bridgehead atoms. The highest BCUT2D eigenvalue weighted by Crippen LogP contribution is 2.33. The summed E-state index contributed by atoms with van der Waals surface area (Å²) in [6.07, 6.45) is 4.97. The molecule has 4 aromatic rings. The van der Waals surface area contributed by atoms with E-state index in [1.54, 1.807) is 23.9 Å². The van der Waals surface area contributed by atoms with Gasteiger partial charge in [0.25, 0.3) is 0 Å². The molecule has 0 fully saturated rings. The predicted octanol–water partition coefficient (Wildman–Crippen LogP) is 5.31. The monoisotopic (exact) mass is 552 g/mol. The number of quaternary nitrogens is 1. The lowest BCUT2D eigenvalue weighted by Crippen LogP contribution is -2.81. The van der Waals surface area contributed by atoms with Crippen LogP contribution in [-0.2, 0) is 7.86 Å². The summed E-state index contributed by atoms with van der Waals surface area (Å²) in [6, 6.07) is 19.3. The second-order valence-corrected chi connectivity index (χ2v) is 8.63. The number of carbonyl (C=O) groups is 1. The van der Waals surface area contributed by atoms with Crippen LogP contribution in [-0.4, -0.2) is 15.9 Å². The van der Waals surface area contributed by atoms with Gasteiger partial charge in [0, 0.05) is 28.1 Å². The minimum absolute atomic E-state index is 0.00523. The van der Waals surface area contributed by atoms with Crippen LogP contribution in [0.25, 0.3) is 16.5 Å². The third-order valence-corrected chi connectivity index (χ3v) is 6.02. The fraction of sp³-hybridized carbons (Fsp3) is 0.0417. The second kappa shape index (κ2) is 9.43. The van der Waals surface area contributed by atoms with Crippen LogP contribution in [0.3, 0.4) is 0 Å². The number of ether oxygens (including phenoxy) is 1. The van der Waals surface area contributed by atoms with Crippen molar-refractivity contribution in [3.63, 3.8) is 0 Å². The number of hydrogen-bond donors (Lipinski definition) is 2. The number of fused-ring (bicyclic) bond motifs is 1. The van der Waals surface area contributed by atoms with Gasteiger partial charge >= 0.3 is 5.91 Å². The third kappa shape index (κ3) is 4.89. The van der Waals surface area contributed by atoms with Crippen molar-refractivity contribution in [3.8, 4) is 11.6 Å². The molecule has 33 heavy (non-hydrogen) atoms. The fourth-order valence-electron chi connectivity index (χ4n) is 3.46. The van der Waals surface area contributed by atoms with Crippen molar-refractivity contribution >= 4 is 61.1 Å². The molecule has 0 unspecified atom stereocenters. The van der Waals surface area contributed by atoms with E-state index in [2.05, 4.69) is 18.4 Å². The van der Waals surface area contributed by atoms with Crippen molar-refractivity contribution in [2.75, 3.05) is 5.32 Å². The van der Waals surface area contributed by atoms with Crippen molar-refractivity contribution in [2.24, 2.45) is 3.15 Å². The Morgan fingerprint density at radius 2 is 1.94 bits per heavy atom. The van der Waals surface area contributed by atoms with Gasteiger partial charge in [-0.1, -0.05) is 30.3 Å². The van der Waals surface area contributed by atoms with Crippen molar-refractivity contribution in [3.05, 3.63) is 84.8 Å². The fourth-order valence-corrected chi connectivity index (χ4v) is 4.52. The number of rotatable bonds is 6. The number of benzene rings is 3. The summed E-state index contributed by atoms with van der Waals surface area (Å²) < 4.78 is 15.9. The standard InChI is InChI=1S/C24H18IN5O3/c1-15(31)28-20-9-10-21(19-8-3-2-7-18(19)20)32-24-14-26-13-23(30-24)29-17-6-4-5-16(11-17)22-12-27-25-33-22/h2-14H,1H3,(H,28,31)(H,29,30)/p+1. The molecule has 1 aromatic heterocycles. The summed E-state index contributed by atoms with van der Waals surface area (Å²) >= 11 is -0.578. The average molecular weight is 552 g/mol. The Hall–Kier alpha value is -3.70. The van der Waals surface area contributed by atoms with E-state index in [1.807, 2.05) is 60.7 Å². The minimum atomic E-state index is -0.578. The highest BCUT2D eigenvalue weighted by Gasteiger charge is 2.13. The van der Waals surface area contributed by atoms with E-state index >= 15 is 0 Å². The van der Waals surface area contributed by atoms with Crippen LogP contribution in [0, 0.1) is 0 Å². The lowest BCUT2D eigenvalue weighted by atomic mass is 10.1. The van der Waals surface area contributed by atoms with Gasteiger partial charge in [-0.2, -0.15) is 8.13 Å². The molecule has 1 amide bonds. The minimum Gasteiger partial charge on any atom is -0.437 e. The predicted molar refractivity (Wildman–Crippen MR) is 134 cm³/mol. The summed E-state index contributed by atoms with van der Waals surface area (Å²) in [4.78, 5) is 20.4. The van der Waals surface area contributed by atoms with E-state index in [0.717, 1.165) is 33.5 Å². The number of anilines is 2. The number of aromatic nitrogens is 2. The van der Waals surface area contributed by atoms with Gasteiger partial charge in [0.15, 0.2) is 11.6 Å². The molecule has 3 aromatic carbocycles. The van der Waals surface area contributed by atoms with E-state index < -0.39 is 21.4 Å². The maximum atomic E-state index is 11.6. The van der Waals surface area contributed by atoms with Gasteiger partial charge < -0.3 is 13.1 Å². The summed E-state index contributed by atoms with van der Waals surface area (Å²) in [6.45, 7) is 1.54. The molecule has 0 saturated heterocycles. The molecule has 164 valence electrons. The normalized spacial score (nSPS) is 12.6. The first-order valence-electron chi connectivity index (χ1n) is 10.1. The Labute approximate surface area is 200 Å². The quantitative estimate of drug-likeness (QED) is 0.249. The van der Waals surface area contributed by atoms with Gasteiger partial charge in [-0.25, -0.2) is 4.79 Å². The molecule has 3 N–H and O–H groups in total. The Kier molecular flexibility index (Phi) is 6.05. The number of hydrogen-bond acceptors (Lipinski definition) is 7. The highest BCUT2D eigenvalue weighted by molar-refractivity contribution is 14.1. The molecule has 0 saturated carbocycles. The average Bonchev–Trinajstić information content (AvgIpc) is 3.36. The second-order valence-electron chi connectivity index (χ2n) is 7.24. The van der Waals surface area contributed by atoms with Crippen LogP contribution >= 0.6 is 21.4 Å². The van der Waals surface area contributed by atoms with Crippen LogP contribution in [0.15, 0.2) is 82.4 Å². The maximum absolute atomic E-state index is 11.6. The molecule has 8 nitrogen and oxygen atoms in total. The molecule has 0 spiro atoms. The van der Waals surface area contributed by atoms with Gasteiger partial charge in [-0.3, -0.25) is 10.3 Å². The van der Waals surface area contributed by atoms with E-state index in [9.17, 15) is 4.79 Å². The number of nitrogens with zero attached hydrogens (tertiary/aromatic N) is 3. The maximum Gasteiger partial charge on any atom is 0.312 e. The Morgan fingerprint density at radius 1 is 1.06 bits per heavy atom. The van der Waals surface area contributed by atoms with Crippen LogP contribution in [0.5, 0.6) is 11.6 Å². The van der Waals surface area contributed by atoms with Crippen LogP contribution in [0.2, 0.25) is 0 Å². The van der Waals surface area contributed by atoms with Crippen molar-refractivity contribution < 1.29 is 17.9 Å². The SMILES string of the molecule is CC(=O)[NH2+]c1ccc(Oc2cncc(Nc3cccc(C4=CN=IO4)c3)n2)c2ccccc12. The molecular weight excluding hydrogens is 533 g/mol. The largest absolute Gasteiger partial charge is 0.437 e. The first-order valence-corrected chi connectivity index (χ1v) is 12.0. The number of nitrogens with one attached hydrogen (secondary N) is 1. The molecule has 0 atom stereocenters. The summed E-state index contributed by atoms with van der Waals surface area (Å²) in [7, 11) is 0. The van der Waals surface area contributed by atoms with Gasteiger partial charge in [0.05, 0.1) is 25.5 Å². The first kappa shape index (κ1) is 21.2. The molecule has 1 aliphatic rings. The van der Waals surface area contributed by atoms with E-state index in [0.29, 0.717) is 17.4 Å². The van der Waals surface area contributed by atoms with Crippen molar-refractivity contribution in [2.45, 2.75) is 6.92 Å². The summed E-state index contributed by atoms with van der Waals surface area (Å²) in [5.74, 6) is 2.32. The summed E-state index contributed by atoms with van der Waals surface area (Å²) in [5, 5.41) is 6.70. The molecule has 2 heterocycles. The van der Waals surface area contributed by atoms with E-state index in [1.165, 1.54) is 6.92 Å². The van der Waals surface area contributed by atoms with Gasteiger partial charge in [-0.15, -0.1) is 0 Å². The lowest BCUT2D eigenvalue weighted by Gasteiger charge is -2.11. The number of nitrogens with two attached hydrogens (primary N) is 1. The molecule has 5 rings (SSSR count). The smallest absolute Gasteiger partial charge is 0.312 e. The number of primary amides is 1.